The second kappa shape index (κ2) is 4.06. The van der Waals surface area contributed by atoms with Crippen molar-refractivity contribution in [2.24, 2.45) is 0 Å². The number of hydrogen-bond acceptors (Lipinski definition) is 3. The van der Waals surface area contributed by atoms with E-state index in [9.17, 15) is 8.78 Å². The number of halogens is 2. The Morgan fingerprint density at radius 1 is 1.33 bits per heavy atom. The van der Waals surface area contributed by atoms with Crippen LogP contribution in [0.2, 0.25) is 0 Å². The molecule has 2 N–H and O–H groups in total. The number of nitrogens with zero attached hydrogens (tertiary/aromatic N) is 2. The van der Waals surface area contributed by atoms with Gasteiger partial charge in [0, 0.05) is 12.0 Å². The fourth-order valence-electron chi connectivity index (χ4n) is 2.12. The third kappa shape index (κ3) is 1.57. The number of anilines is 1. The van der Waals surface area contributed by atoms with Crippen LogP contribution < -0.4 is 5.73 Å². The van der Waals surface area contributed by atoms with E-state index >= 15 is 0 Å². The summed E-state index contributed by atoms with van der Waals surface area (Å²) in [5.74, 6) is -1.52. The Balaban J connectivity index is 2.20. The minimum Gasteiger partial charge on any atom is -0.382 e. The van der Waals surface area contributed by atoms with Crippen LogP contribution in [0, 0.1) is 11.6 Å². The molecule has 0 radical (unpaired) electrons. The molecule has 0 aliphatic carbocycles. The van der Waals surface area contributed by atoms with Crippen LogP contribution in [0.15, 0.2) is 18.2 Å². The molecule has 94 valence electrons. The van der Waals surface area contributed by atoms with Crippen molar-refractivity contribution in [1.82, 2.24) is 9.78 Å². The molecule has 2 heterocycles. The molecule has 1 aliphatic heterocycles. The van der Waals surface area contributed by atoms with E-state index in [1.165, 1.54) is 16.8 Å². The Morgan fingerprint density at radius 2 is 2.17 bits per heavy atom. The molecule has 0 saturated heterocycles. The molecule has 18 heavy (non-hydrogen) atoms. The van der Waals surface area contributed by atoms with E-state index in [1.807, 2.05) is 0 Å². The van der Waals surface area contributed by atoms with E-state index in [0.717, 1.165) is 17.3 Å². The number of benzene rings is 1. The van der Waals surface area contributed by atoms with Crippen LogP contribution in [0.1, 0.15) is 11.3 Å². The first kappa shape index (κ1) is 11.2. The van der Waals surface area contributed by atoms with Crippen molar-refractivity contribution in [3.05, 3.63) is 41.1 Å². The van der Waals surface area contributed by atoms with Crippen molar-refractivity contribution in [2.75, 3.05) is 12.3 Å². The van der Waals surface area contributed by atoms with Crippen molar-refractivity contribution in [2.45, 2.75) is 13.0 Å². The van der Waals surface area contributed by atoms with Crippen LogP contribution in [0.4, 0.5) is 14.6 Å². The zero-order valence-corrected chi connectivity index (χ0v) is 9.49. The largest absolute Gasteiger partial charge is 0.382 e. The maximum atomic E-state index is 13.8. The SMILES string of the molecule is Nc1nn(-c2cccc(F)c2F)c2c1COCC2. The zero-order valence-electron chi connectivity index (χ0n) is 9.49. The first-order chi connectivity index (χ1) is 8.68. The molecule has 1 aromatic heterocycles. The van der Waals surface area contributed by atoms with Crippen LogP contribution in [0.25, 0.3) is 5.69 Å². The van der Waals surface area contributed by atoms with Crippen molar-refractivity contribution >= 4 is 5.82 Å². The minimum atomic E-state index is -0.922. The second-order valence-electron chi connectivity index (χ2n) is 4.10. The molecule has 0 saturated carbocycles. The van der Waals surface area contributed by atoms with Crippen molar-refractivity contribution < 1.29 is 13.5 Å². The van der Waals surface area contributed by atoms with Crippen LogP contribution in [-0.4, -0.2) is 16.4 Å². The first-order valence-electron chi connectivity index (χ1n) is 5.57. The molecule has 1 aliphatic rings. The lowest BCUT2D eigenvalue weighted by molar-refractivity contribution is 0.110. The van der Waals surface area contributed by atoms with Gasteiger partial charge in [-0.1, -0.05) is 6.07 Å². The maximum absolute atomic E-state index is 13.8. The van der Waals surface area contributed by atoms with Gasteiger partial charge in [-0.3, -0.25) is 0 Å². The molecule has 6 heteroatoms. The molecule has 4 nitrogen and oxygen atoms in total. The smallest absolute Gasteiger partial charge is 0.184 e. The summed E-state index contributed by atoms with van der Waals surface area (Å²) < 4.78 is 33.6. The topological polar surface area (TPSA) is 53.1 Å². The molecule has 0 fully saturated rings. The minimum absolute atomic E-state index is 0.0739. The summed E-state index contributed by atoms with van der Waals surface area (Å²) in [4.78, 5) is 0. The zero-order chi connectivity index (χ0) is 12.7. The van der Waals surface area contributed by atoms with E-state index in [2.05, 4.69) is 5.10 Å². The summed E-state index contributed by atoms with van der Waals surface area (Å²) >= 11 is 0. The van der Waals surface area contributed by atoms with Crippen molar-refractivity contribution in [1.29, 1.82) is 0 Å². The van der Waals surface area contributed by atoms with Gasteiger partial charge in [-0.25, -0.2) is 13.5 Å². The van der Waals surface area contributed by atoms with Crippen LogP contribution in [0.5, 0.6) is 0 Å². The molecule has 0 amide bonds. The van der Waals surface area contributed by atoms with Gasteiger partial charge in [0.05, 0.1) is 18.9 Å². The van der Waals surface area contributed by atoms with Crippen molar-refractivity contribution in [3.8, 4) is 5.69 Å². The van der Waals surface area contributed by atoms with Crippen LogP contribution in [0.3, 0.4) is 0 Å². The Bertz CT molecular complexity index is 610. The molecule has 0 unspecified atom stereocenters. The van der Waals surface area contributed by atoms with Gasteiger partial charge in [0.2, 0.25) is 0 Å². The predicted octanol–water partition coefficient (Wildman–Crippen LogP) is 1.81. The summed E-state index contributed by atoms with van der Waals surface area (Å²) in [5.41, 5.74) is 7.37. The molecule has 0 bridgehead atoms. The van der Waals surface area contributed by atoms with Gasteiger partial charge in [-0.2, -0.15) is 0 Å². The third-order valence-corrected chi connectivity index (χ3v) is 3.01. The Hall–Kier alpha value is -1.95. The average Bonchev–Trinajstić information content (AvgIpc) is 2.71. The number of ether oxygens (including phenoxy) is 1. The number of hydrogen-bond donors (Lipinski definition) is 1. The molecule has 3 rings (SSSR count). The number of fused-ring (bicyclic) bond motifs is 1. The summed E-state index contributed by atoms with van der Waals surface area (Å²) in [6.45, 7) is 0.882. The second-order valence-corrected chi connectivity index (χ2v) is 4.10. The monoisotopic (exact) mass is 251 g/mol. The van der Waals surface area contributed by atoms with Gasteiger partial charge in [0.15, 0.2) is 17.5 Å². The van der Waals surface area contributed by atoms with Gasteiger partial charge >= 0.3 is 0 Å². The summed E-state index contributed by atoms with van der Waals surface area (Å²) in [7, 11) is 0. The Kier molecular flexibility index (Phi) is 2.52. The van der Waals surface area contributed by atoms with Crippen LogP contribution >= 0.6 is 0 Å². The summed E-state index contributed by atoms with van der Waals surface area (Å²) in [6.07, 6.45) is 0.579. The molecule has 0 atom stereocenters. The lowest BCUT2D eigenvalue weighted by atomic mass is 10.1. The predicted molar refractivity (Wildman–Crippen MR) is 61.3 cm³/mol. The first-order valence-corrected chi connectivity index (χ1v) is 5.57. The van der Waals surface area contributed by atoms with Gasteiger partial charge in [-0.15, -0.1) is 5.10 Å². The third-order valence-electron chi connectivity index (χ3n) is 3.01. The standard InChI is InChI=1S/C12H11F2N3O/c13-8-2-1-3-10(11(8)14)17-9-4-5-18-6-7(9)12(15)16-17/h1-3H,4-6H2,(H2,15,16). The highest BCUT2D eigenvalue weighted by Gasteiger charge is 2.22. The van der Waals surface area contributed by atoms with E-state index in [0.29, 0.717) is 25.5 Å². The lowest BCUT2D eigenvalue weighted by Gasteiger charge is -2.14. The number of nitrogens with two attached hydrogens (primary N) is 1. The maximum Gasteiger partial charge on any atom is 0.184 e. The van der Waals surface area contributed by atoms with Crippen LogP contribution in [-0.2, 0) is 17.8 Å². The number of rotatable bonds is 1. The highest BCUT2D eigenvalue weighted by molar-refractivity contribution is 5.48. The van der Waals surface area contributed by atoms with Crippen molar-refractivity contribution in [3.63, 3.8) is 0 Å². The fraction of sp³-hybridized carbons (Fsp3) is 0.250. The summed E-state index contributed by atoms with van der Waals surface area (Å²) in [5, 5.41) is 4.07. The quantitative estimate of drug-likeness (QED) is 0.840. The number of aromatic nitrogens is 2. The molecular formula is C12H11F2N3O. The Labute approximate surface area is 102 Å². The van der Waals surface area contributed by atoms with Gasteiger partial charge in [-0.05, 0) is 12.1 Å². The van der Waals surface area contributed by atoms with Gasteiger partial charge < -0.3 is 10.5 Å². The fourth-order valence-corrected chi connectivity index (χ4v) is 2.12. The molecule has 0 spiro atoms. The van der Waals surface area contributed by atoms with E-state index < -0.39 is 11.6 Å². The van der Waals surface area contributed by atoms with Gasteiger partial charge in [0.25, 0.3) is 0 Å². The molecule has 1 aromatic carbocycles. The summed E-state index contributed by atoms with van der Waals surface area (Å²) in [6, 6.07) is 3.99. The van der Waals surface area contributed by atoms with E-state index in [-0.39, 0.29) is 5.69 Å². The molecule has 2 aromatic rings. The lowest BCUT2D eigenvalue weighted by Crippen LogP contribution is -2.14. The Morgan fingerprint density at radius 3 is 3.00 bits per heavy atom. The normalized spacial score (nSPS) is 14.6. The number of nitrogen functional groups attached to an aromatic ring is 1. The van der Waals surface area contributed by atoms with E-state index in [4.69, 9.17) is 10.5 Å². The van der Waals surface area contributed by atoms with E-state index in [1.54, 1.807) is 0 Å². The highest BCUT2D eigenvalue weighted by atomic mass is 19.2. The average molecular weight is 251 g/mol. The molecular weight excluding hydrogens is 240 g/mol. The van der Waals surface area contributed by atoms with Gasteiger partial charge in [0.1, 0.15) is 5.69 Å². The highest BCUT2D eigenvalue weighted by Crippen LogP contribution is 2.26.